The average Bonchev–Trinajstić information content (AvgIpc) is 2.77. The second kappa shape index (κ2) is 9.94. The van der Waals surface area contributed by atoms with Crippen LogP contribution in [0, 0.1) is 0 Å². The minimum atomic E-state index is 0.560. The van der Waals surface area contributed by atoms with Gasteiger partial charge in [-0.1, -0.05) is 41.6 Å². The Hall–Kier alpha value is -2.89. The molecule has 4 nitrogen and oxygen atoms in total. The maximum absolute atomic E-state index is 6.58. The number of anilines is 2. The van der Waals surface area contributed by atoms with Crippen molar-refractivity contribution in [2.75, 3.05) is 18.5 Å². The second-order valence-electron chi connectivity index (χ2n) is 6.73. The van der Waals surface area contributed by atoms with E-state index in [1.807, 2.05) is 68.4 Å². The van der Waals surface area contributed by atoms with E-state index in [0.29, 0.717) is 29.7 Å². The van der Waals surface area contributed by atoms with Gasteiger partial charge in [-0.25, -0.2) is 0 Å². The number of hydrogen-bond donors (Lipinski definition) is 1. The second-order valence-corrected chi connectivity index (χ2v) is 8.25. The zero-order valence-electron chi connectivity index (χ0n) is 17.4. The zero-order valence-corrected chi connectivity index (χ0v) is 19.0. The van der Waals surface area contributed by atoms with Gasteiger partial charge in [-0.3, -0.25) is 4.98 Å². The first kappa shape index (κ1) is 21.3. The van der Waals surface area contributed by atoms with Gasteiger partial charge in [0.15, 0.2) is 11.5 Å². The van der Waals surface area contributed by atoms with Crippen molar-refractivity contribution in [2.24, 2.45) is 0 Å². The first-order valence-electron chi connectivity index (χ1n) is 10.2. The van der Waals surface area contributed by atoms with Gasteiger partial charge in [-0.05, 0) is 56.3 Å². The van der Waals surface area contributed by atoms with Crippen molar-refractivity contribution < 1.29 is 9.47 Å². The number of hydrogen-bond acceptors (Lipinski definition) is 5. The van der Waals surface area contributed by atoms with E-state index >= 15 is 0 Å². The maximum Gasteiger partial charge on any atom is 0.163 e. The molecule has 158 valence electrons. The molecule has 0 aliphatic carbocycles. The molecular weight excluding hydrogens is 428 g/mol. The van der Waals surface area contributed by atoms with Gasteiger partial charge in [0, 0.05) is 38.8 Å². The van der Waals surface area contributed by atoms with E-state index < -0.39 is 0 Å². The summed E-state index contributed by atoms with van der Waals surface area (Å²) in [6, 6.07) is 22.0. The molecule has 1 N–H and O–H groups in total. The summed E-state index contributed by atoms with van der Waals surface area (Å²) in [6.45, 7) is 5.04. The molecule has 0 atom stereocenters. The van der Waals surface area contributed by atoms with Crippen LogP contribution in [0.15, 0.2) is 82.7 Å². The van der Waals surface area contributed by atoms with Gasteiger partial charge in [-0.2, -0.15) is 0 Å². The predicted octanol–water partition coefficient (Wildman–Crippen LogP) is 7.58. The van der Waals surface area contributed by atoms with E-state index in [0.717, 1.165) is 32.1 Å². The highest BCUT2D eigenvalue weighted by molar-refractivity contribution is 7.99. The lowest BCUT2D eigenvalue weighted by Gasteiger charge is -2.15. The molecule has 31 heavy (non-hydrogen) atoms. The normalized spacial score (nSPS) is 10.8. The first-order chi connectivity index (χ1) is 15.2. The Bertz CT molecular complexity index is 1180. The molecule has 6 heteroatoms. The third-order valence-corrected chi connectivity index (χ3v) is 6.10. The molecule has 0 saturated carbocycles. The van der Waals surface area contributed by atoms with Crippen LogP contribution >= 0.6 is 23.4 Å². The quantitative estimate of drug-likeness (QED) is 0.299. The number of nitrogens with one attached hydrogen (secondary N) is 1. The lowest BCUT2D eigenvalue weighted by atomic mass is 10.1. The van der Waals surface area contributed by atoms with E-state index in [1.165, 1.54) is 0 Å². The molecule has 0 amide bonds. The van der Waals surface area contributed by atoms with Crippen LogP contribution in [0.3, 0.4) is 0 Å². The number of fused-ring (bicyclic) bond motifs is 1. The van der Waals surface area contributed by atoms with Crippen LogP contribution < -0.4 is 14.8 Å². The Morgan fingerprint density at radius 2 is 1.65 bits per heavy atom. The third-order valence-electron chi connectivity index (χ3n) is 4.59. The molecule has 0 radical (unpaired) electrons. The molecule has 0 bridgehead atoms. The van der Waals surface area contributed by atoms with Gasteiger partial charge < -0.3 is 14.8 Å². The number of benzene rings is 3. The molecular formula is C25H23ClN2O2S. The fourth-order valence-corrected chi connectivity index (χ4v) is 4.37. The molecule has 0 aliphatic heterocycles. The number of nitrogens with zero attached hydrogens (tertiary/aromatic N) is 1. The van der Waals surface area contributed by atoms with Gasteiger partial charge >= 0.3 is 0 Å². The van der Waals surface area contributed by atoms with Crippen molar-refractivity contribution in [1.82, 2.24) is 4.98 Å². The van der Waals surface area contributed by atoms with E-state index in [4.69, 9.17) is 21.1 Å². The summed E-state index contributed by atoms with van der Waals surface area (Å²) in [4.78, 5) is 6.66. The number of pyridine rings is 1. The number of aromatic nitrogens is 1. The van der Waals surface area contributed by atoms with Crippen molar-refractivity contribution in [3.05, 3.63) is 77.9 Å². The molecule has 0 spiro atoms. The molecule has 1 heterocycles. The Kier molecular flexibility index (Phi) is 6.85. The minimum Gasteiger partial charge on any atom is -0.490 e. The summed E-state index contributed by atoms with van der Waals surface area (Å²) in [5.41, 5.74) is 2.66. The fraction of sp³-hybridized carbons (Fsp3) is 0.160. The number of ether oxygens (including phenoxy) is 2. The van der Waals surface area contributed by atoms with E-state index in [1.54, 1.807) is 18.0 Å². The van der Waals surface area contributed by atoms with E-state index in [2.05, 4.69) is 22.4 Å². The monoisotopic (exact) mass is 450 g/mol. The molecule has 1 aromatic heterocycles. The molecule has 3 aromatic carbocycles. The lowest BCUT2D eigenvalue weighted by molar-refractivity contribution is 0.288. The van der Waals surface area contributed by atoms with Gasteiger partial charge in [0.05, 0.1) is 23.8 Å². The van der Waals surface area contributed by atoms with Crippen LogP contribution in [0.1, 0.15) is 13.8 Å². The smallest absolute Gasteiger partial charge is 0.163 e. The standard InChI is InChI=1S/C25H23ClN2O2S/c1-3-29-23-15-19-21(12-13-27-22(19)16-24(23)30-4-2)28-17-10-11-25(20(26)14-17)31-18-8-6-5-7-9-18/h5-16H,3-4H2,1-2H3,(H,27,28). The fourth-order valence-electron chi connectivity index (χ4n) is 3.23. The van der Waals surface area contributed by atoms with E-state index in [9.17, 15) is 0 Å². The summed E-state index contributed by atoms with van der Waals surface area (Å²) in [7, 11) is 0. The maximum atomic E-state index is 6.58. The summed E-state index contributed by atoms with van der Waals surface area (Å²) in [5, 5.41) is 5.12. The van der Waals surface area contributed by atoms with Crippen LogP contribution in [-0.2, 0) is 0 Å². The molecule has 4 aromatic rings. The predicted molar refractivity (Wildman–Crippen MR) is 129 cm³/mol. The summed E-state index contributed by atoms with van der Waals surface area (Å²) in [6.07, 6.45) is 1.78. The summed E-state index contributed by atoms with van der Waals surface area (Å²) >= 11 is 8.22. The molecule has 0 saturated heterocycles. The van der Waals surface area contributed by atoms with Crippen LogP contribution in [0.25, 0.3) is 10.9 Å². The topological polar surface area (TPSA) is 43.4 Å². The molecule has 0 aliphatic rings. The zero-order chi connectivity index (χ0) is 21.6. The van der Waals surface area contributed by atoms with Crippen LogP contribution in [0.4, 0.5) is 11.4 Å². The summed E-state index contributed by atoms with van der Waals surface area (Å²) < 4.78 is 11.5. The molecule has 0 fully saturated rings. The Balaban J connectivity index is 1.63. The van der Waals surface area contributed by atoms with Gasteiger partial charge in [0.2, 0.25) is 0 Å². The Morgan fingerprint density at radius 1 is 0.903 bits per heavy atom. The highest BCUT2D eigenvalue weighted by Crippen LogP contribution is 2.38. The lowest BCUT2D eigenvalue weighted by Crippen LogP contribution is -2.00. The van der Waals surface area contributed by atoms with Crippen molar-refractivity contribution >= 4 is 45.6 Å². The van der Waals surface area contributed by atoms with Crippen LogP contribution in [0.2, 0.25) is 5.02 Å². The molecule has 0 unspecified atom stereocenters. The highest BCUT2D eigenvalue weighted by atomic mass is 35.5. The Morgan fingerprint density at radius 3 is 2.35 bits per heavy atom. The van der Waals surface area contributed by atoms with E-state index in [-0.39, 0.29) is 0 Å². The number of halogens is 1. The largest absolute Gasteiger partial charge is 0.490 e. The SMILES string of the molecule is CCOc1cc2nccc(Nc3ccc(Sc4ccccc4)c(Cl)c3)c2cc1OCC. The van der Waals surface area contributed by atoms with Gasteiger partial charge in [-0.15, -0.1) is 0 Å². The van der Waals surface area contributed by atoms with Crippen LogP contribution in [-0.4, -0.2) is 18.2 Å². The van der Waals surface area contributed by atoms with Crippen molar-refractivity contribution in [2.45, 2.75) is 23.6 Å². The van der Waals surface area contributed by atoms with Crippen LogP contribution in [0.5, 0.6) is 11.5 Å². The van der Waals surface area contributed by atoms with Gasteiger partial charge in [0.1, 0.15) is 0 Å². The Labute approximate surface area is 191 Å². The minimum absolute atomic E-state index is 0.560. The summed E-state index contributed by atoms with van der Waals surface area (Å²) in [5.74, 6) is 1.41. The molecule has 4 rings (SSSR count). The first-order valence-corrected chi connectivity index (χ1v) is 11.3. The van der Waals surface area contributed by atoms with Gasteiger partial charge in [0.25, 0.3) is 0 Å². The van der Waals surface area contributed by atoms with Crippen molar-refractivity contribution in [3.8, 4) is 11.5 Å². The number of rotatable bonds is 8. The highest BCUT2D eigenvalue weighted by Gasteiger charge is 2.12. The van der Waals surface area contributed by atoms with Crippen molar-refractivity contribution in [1.29, 1.82) is 0 Å². The average molecular weight is 451 g/mol. The third kappa shape index (κ3) is 5.06. The van der Waals surface area contributed by atoms with Crippen molar-refractivity contribution in [3.63, 3.8) is 0 Å².